The summed E-state index contributed by atoms with van der Waals surface area (Å²) in [5, 5.41) is 13.8. The SMILES string of the molecule is Fc1ccc(-c2nc3ccc(-c4nnn[nH]4)cc3nc2-c2ccc(F)cc2)cc1. The second kappa shape index (κ2) is 6.83. The monoisotopic (exact) mass is 386 g/mol. The van der Waals surface area contributed by atoms with Crippen molar-refractivity contribution < 1.29 is 8.78 Å². The molecule has 6 nitrogen and oxygen atoms in total. The smallest absolute Gasteiger partial charge is 0.179 e. The number of halogens is 2. The maximum atomic E-state index is 13.4. The van der Waals surface area contributed by atoms with Crippen molar-refractivity contribution in [2.24, 2.45) is 0 Å². The van der Waals surface area contributed by atoms with Gasteiger partial charge in [0, 0.05) is 16.7 Å². The van der Waals surface area contributed by atoms with Crippen LogP contribution in [0.2, 0.25) is 0 Å². The molecule has 0 saturated heterocycles. The average Bonchev–Trinajstić information content (AvgIpc) is 3.29. The summed E-state index contributed by atoms with van der Waals surface area (Å²) >= 11 is 0. The number of fused-ring (bicyclic) bond motifs is 1. The molecule has 2 heterocycles. The van der Waals surface area contributed by atoms with E-state index in [0.29, 0.717) is 39.4 Å². The number of nitrogens with zero attached hydrogens (tertiary/aromatic N) is 5. The van der Waals surface area contributed by atoms with Gasteiger partial charge in [0.2, 0.25) is 0 Å². The molecule has 2 aromatic heterocycles. The molecule has 0 fully saturated rings. The lowest BCUT2D eigenvalue weighted by atomic mass is 10.0. The number of nitrogens with one attached hydrogen (secondary N) is 1. The number of rotatable bonds is 3. The Hall–Kier alpha value is -4.07. The van der Waals surface area contributed by atoms with E-state index < -0.39 is 0 Å². The summed E-state index contributed by atoms with van der Waals surface area (Å²) in [7, 11) is 0. The molecule has 5 aromatic rings. The third-order valence-electron chi connectivity index (χ3n) is 4.52. The summed E-state index contributed by atoms with van der Waals surface area (Å²) in [6, 6.07) is 17.5. The van der Waals surface area contributed by atoms with Gasteiger partial charge >= 0.3 is 0 Å². The molecule has 0 atom stereocenters. The second-order valence-corrected chi connectivity index (χ2v) is 6.39. The van der Waals surface area contributed by atoms with Crippen LogP contribution in [0.3, 0.4) is 0 Å². The topological polar surface area (TPSA) is 80.2 Å². The number of H-pyrrole nitrogens is 1. The van der Waals surface area contributed by atoms with Crippen LogP contribution in [0.1, 0.15) is 0 Å². The first-order chi connectivity index (χ1) is 14.2. The Morgan fingerprint density at radius 2 is 1.17 bits per heavy atom. The summed E-state index contributed by atoms with van der Waals surface area (Å²) in [5.74, 6) is -0.165. The van der Waals surface area contributed by atoms with Crippen molar-refractivity contribution in [2.45, 2.75) is 0 Å². The van der Waals surface area contributed by atoms with Crippen LogP contribution in [0.15, 0.2) is 66.7 Å². The van der Waals surface area contributed by atoms with Gasteiger partial charge in [0.1, 0.15) is 11.6 Å². The molecule has 140 valence electrons. The van der Waals surface area contributed by atoms with Crippen LogP contribution in [-0.2, 0) is 0 Å². The molecule has 0 amide bonds. The van der Waals surface area contributed by atoms with Gasteiger partial charge in [-0.15, -0.1) is 5.10 Å². The summed E-state index contributed by atoms with van der Waals surface area (Å²) in [6.45, 7) is 0. The van der Waals surface area contributed by atoms with E-state index in [-0.39, 0.29) is 11.6 Å². The third kappa shape index (κ3) is 3.20. The van der Waals surface area contributed by atoms with Crippen LogP contribution in [0.4, 0.5) is 8.78 Å². The largest absolute Gasteiger partial charge is 0.244 e. The lowest BCUT2D eigenvalue weighted by molar-refractivity contribution is 0.627. The fourth-order valence-electron chi connectivity index (χ4n) is 3.10. The molecule has 3 aromatic carbocycles. The third-order valence-corrected chi connectivity index (χ3v) is 4.52. The minimum Gasteiger partial charge on any atom is -0.244 e. The molecule has 5 rings (SSSR count). The minimum absolute atomic E-state index is 0.337. The summed E-state index contributed by atoms with van der Waals surface area (Å²) < 4.78 is 26.8. The van der Waals surface area contributed by atoms with Gasteiger partial charge in [0.25, 0.3) is 0 Å². The van der Waals surface area contributed by atoms with Crippen molar-refractivity contribution >= 4 is 11.0 Å². The first-order valence-electron chi connectivity index (χ1n) is 8.75. The predicted molar refractivity (Wildman–Crippen MR) is 103 cm³/mol. The molecule has 0 spiro atoms. The van der Waals surface area contributed by atoms with E-state index in [0.717, 1.165) is 5.56 Å². The Morgan fingerprint density at radius 3 is 1.72 bits per heavy atom. The highest BCUT2D eigenvalue weighted by Crippen LogP contribution is 2.32. The first-order valence-corrected chi connectivity index (χ1v) is 8.75. The summed E-state index contributed by atoms with van der Waals surface area (Å²) in [5.41, 5.74) is 4.61. The molecular weight excluding hydrogens is 374 g/mol. The zero-order valence-corrected chi connectivity index (χ0v) is 14.8. The van der Waals surface area contributed by atoms with Crippen LogP contribution < -0.4 is 0 Å². The van der Waals surface area contributed by atoms with Gasteiger partial charge in [0.15, 0.2) is 5.82 Å². The van der Waals surface area contributed by atoms with Gasteiger partial charge in [-0.2, -0.15) is 0 Å². The van der Waals surface area contributed by atoms with Gasteiger partial charge in [0.05, 0.1) is 22.4 Å². The van der Waals surface area contributed by atoms with E-state index >= 15 is 0 Å². The molecule has 0 unspecified atom stereocenters. The maximum absolute atomic E-state index is 13.4. The van der Waals surface area contributed by atoms with E-state index in [9.17, 15) is 8.78 Å². The van der Waals surface area contributed by atoms with Gasteiger partial charge in [-0.05, 0) is 77.2 Å². The van der Waals surface area contributed by atoms with Gasteiger partial charge in [-0.1, -0.05) is 0 Å². The number of hydrogen-bond acceptors (Lipinski definition) is 5. The highest BCUT2D eigenvalue weighted by molar-refractivity contribution is 5.88. The molecule has 29 heavy (non-hydrogen) atoms. The average molecular weight is 386 g/mol. The quantitative estimate of drug-likeness (QED) is 0.496. The zero-order chi connectivity index (χ0) is 19.8. The fraction of sp³-hybridized carbons (Fsp3) is 0. The summed E-state index contributed by atoms with van der Waals surface area (Å²) in [6.07, 6.45) is 0. The van der Waals surface area contributed by atoms with Crippen LogP contribution in [0.5, 0.6) is 0 Å². The normalized spacial score (nSPS) is 11.1. The van der Waals surface area contributed by atoms with E-state index in [1.165, 1.54) is 24.3 Å². The molecule has 0 aliphatic carbocycles. The van der Waals surface area contributed by atoms with Crippen molar-refractivity contribution in [3.05, 3.63) is 78.4 Å². The molecule has 0 saturated carbocycles. The van der Waals surface area contributed by atoms with Gasteiger partial charge in [-0.3, -0.25) is 0 Å². The zero-order valence-electron chi connectivity index (χ0n) is 14.8. The fourth-order valence-corrected chi connectivity index (χ4v) is 3.10. The van der Waals surface area contributed by atoms with E-state index in [2.05, 4.69) is 20.6 Å². The number of benzene rings is 3. The van der Waals surface area contributed by atoms with Gasteiger partial charge in [-0.25, -0.2) is 23.8 Å². The molecule has 0 aliphatic rings. The Kier molecular flexibility index (Phi) is 4.02. The van der Waals surface area contributed by atoms with E-state index in [1.807, 2.05) is 18.2 Å². The second-order valence-electron chi connectivity index (χ2n) is 6.39. The van der Waals surface area contributed by atoms with Crippen molar-refractivity contribution in [1.82, 2.24) is 30.6 Å². The molecule has 0 aliphatic heterocycles. The highest BCUT2D eigenvalue weighted by atomic mass is 19.1. The minimum atomic E-state index is -0.342. The van der Waals surface area contributed by atoms with Crippen molar-refractivity contribution in [1.29, 1.82) is 0 Å². The van der Waals surface area contributed by atoms with E-state index in [1.54, 1.807) is 24.3 Å². The number of hydrogen-bond donors (Lipinski definition) is 1. The summed E-state index contributed by atoms with van der Waals surface area (Å²) in [4.78, 5) is 9.54. The highest BCUT2D eigenvalue weighted by Gasteiger charge is 2.15. The molecule has 8 heteroatoms. The molecule has 1 N–H and O–H groups in total. The van der Waals surface area contributed by atoms with Crippen molar-refractivity contribution in [3.8, 4) is 33.9 Å². The van der Waals surface area contributed by atoms with E-state index in [4.69, 9.17) is 9.97 Å². The van der Waals surface area contributed by atoms with Crippen molar-refractivity contribution in [2.75, 3.05) is 0 Å². The number of aromatic nitrogens is 6. The number of aromatic amines is 1. The Morgan fingerprint density at radius 1 is 0.621 bits per heavy atom. The van der Waals surface area contributed by atoms with Crippen LogP contribution in [0, 0.1) is 11.6 Å². The Bertz CT molecular complexity index is 1300. The van der Waals surface area contributed by atoms with Crippen LogP contribution >= 0.6 is 0 Å². The standard InChI is InChI=1S/C21H12F2N6/c22-15-6-1-12(2-7-15)19-20(13-3-8-16(23)9-4-13)25-18-11-14(5-10-17(18)24-19)21-26-28-29-27-21/h1-11H,(H,26,27,28,29). The molecule has 0 radical (unpaired) electrons. The Labute approximate surface area is 163 Å². The lowest BCUT2D eigenvalue weighted by Crippen LogP contribution is -1.96. The van der Waals surface area contributed by atoms with Crippen LogP contribution in [0.25, 0.3) is 44.9 Å². The first kappa shape index (κ1) is 17.1. The maximum Gasteiger partial charge on any atom is 0.179 e. The van der Waals surface area contributed by atoms with Gasteiger partial charge < -0.3 is 0 Å². The van der Waals surface area contributed by atoms with Crippen molar-refractivity contribution in [3.63, 3.8) is 0 Å². The lowest BCUT2D eigenvalue weighted by Gasteiger charge is -2.11. The Balaban J connectivity index is 1.75. The van der Waals surface area contributed by atoms with Crippen LogP contribution in [-0.4, -0.2) is 30.6 Å². The predicted octanol–water partition coefficient (Wildman–Crippen LogP) is 4.42. The number of tetrazole rings is 1. The molecule has 0 bridgehead atoms. The molecular formula is C21H12F2N6.